The molecule has 4 nitrogen and oxygen atoms in total. The molecule has 0 radical (unpaired) electrons. The van der Waals surface area contributed by atoms with Crippen molar-refractivity contribution in [3.8, 4) is 0 Å². The lowest BCUT2D eigenvalue weighted by Crippen LogP contribution is -2.49. The molecule has 0 bridgehead atoms. The van der Waals surface area contributed by atoms with Crippen LogP contribution in [-0.2, 0) is 0 Å². The number of aliphatic hydroxyl groups is 1. The molecule has 1 fully saturated rings. The lowest BCUT2D eigenvalue weighted by atomic mass is 10.1. The molecule has 1 saturated heterocycles. The van der Waals surface area contributed by atoms with Crippen LogP contribution in [0.1, 0.15) is 0 Å². The summed E-state index contributed by atoms with van der Waals surface area (Å²) in [6.45, 7) is 4.32. The molecule has 0 unspecified atom stereocenters. The highest BCUT2D eigenvalue weighted by molar-refractivity contribution is 6.56. The molecule has 0 aromatic heterocycles. The normalized spacial score (nSPS) is 19.6. The average molecular weight is 170 g/mol. The molecular formula is C7H15BN2O2. The van der Waals surface area contributed by atoms with E-state index in [1.807, 2.05) is 4.90 Å². The van der Waals surface area contributed by atoms with Crippen molar-refractivity contribution < 1.29 is 9.90 Å². The fourth-order valence-electron chi connectivity index (χ4n) is 1.43. The van der Waals surface area contributed by atoms with E-state index in [1.54, 1.807) is 7.85 Å². The summed E-state index contributed by atoms with van der Waals surface area (Å²) in [4.78, 5) is 14.9. The van der Waals surface area contributed by atoms with E-state index in [-0.39, 0.29) is 12.4 Å². The molecule has 0 atom stereocenters. The lowest BCUT2D eigenvalue weighted by molar-refractivity contribution is 0.131. The van der Waals surface area contributed by atoms with Crippen molar-refractivity contribution in [3.05, 3.63) is 0 Å². The van der Waals surface area contributed by atoms with E-state index < -0.39 is 0 Å². The molecule has 0 aromatic rings. The fraction of sp³-hybridized carbons (Fsp3) is 0.857. The van der Waals surface area contributed by atoms with Crippen LogP contribution in [0.25, 0.3) is 0 Å². The number of carbonyl (C=O) groups is 1. The minimum absolute atomic E-state index is 0.152. The third-order valence-corrected chi connectivity index (χ3v) is 2.23. The van der Waals surface area contributed by atoms with Crippen LogP contribution < -0.4 is 0 Å². The van der Waals surface area contributed by atoms with Crippen molar-refractivity contribution in [2.24, 2.45) is 0 Å². The van der Waals surface area contributed by atoms with Crippen LogP contribution >= 0.6 is 0 Å². The van der Waals surface area contributed by atoms with Gasteiger partial charge in [0.25, 0.3) is 0 Å². The van der Waals surface area contributed by atoms with E-state index in [1.165, 1.54) is 0 Å². The smallest absolute Gasteiger partial charge is 0.215 e. The Morgan fingerprint density at radius 3 is 2.33 bits per heavy atom. The summed E-state index contributed by atoms with van der Waals surface area (Å²) in [6.07, 6.45) is 0. The number of hydrogen-bond acceptors (Lipinski definition) is 3. The van der Waals surface area contributed by atoms with Gasteiger partial charge >= 0.3 is 0 Å². The predicted octanol–water partition coefficient (Wildman–Crippen LogP) is -1.65. The molecule has 1 amide bonds. The van der Waals surface area contributed by atoms with Gasteiger partial charge in [-0.2, -0.15) is 0 Å². The first-order valence-corrected chi connectivity index (χ1v) is 4.33. The first-order valence-electron chi connectivity index (χ1n) is 4.33. The molecule has 68 valence electrons. The number of hydrogen-bond donors (Lipinski definition) is 1. The van der Waals surface area contributed by atoms with Crippen LogP contribution in [0.2, 0.25) is 0 Å². The first-order chi connectivity index (χ1) is 5.74. The Hall–Kier alpha value is -0.545. The van der Waals surface area contributed by atoms with Gasteiger partial charge in [-0.1, -0.05) is 0 Å². The Balaban J connectivity index is 2.25. The van der Waals surface area contributed by atoms with Gasteiger partial charge < -0.3 is 10.0 Å². The summed E-state index contributed by atoms with van der Waals surface area (Å²) < 4.78 is 0. The number of aliphatic hydroxyl groups excluding tert-OH is 1. The zero-order chi connectivity index (χ0) is 8.97. The molecule has 1 rings (SSSR count). The number of rotatable bonds is 2. The van der Waals surface area contributed by atoms with Crippen LogP contribution in [0.4, 0.5) is 4.79 Å². The number of amides is 1. The molecule has 1 heterocycles. The van der Waals surface area contributed by atoms with E-state index in [2.05, 4.69) is 4.90 Å². The maximum Gasteiger partial charge on any atom is 0.215 e. The second-order valence-corrected chi connectivity index (χ2v) is 3.07. The van der Waals surface area contributed by atoms with Gasteiger partial charge in [-0.25, -0.2) is 0 Å². The van der Waals surface area contributed by atoms with Gasteiger partial charge in [0, 0.05) is 32.7 Å². The second kappa shape index (κ2) is 4.47. The second-order valence-electron chi connectivity index (χ2n) is 3.07. The van der Waals surface area contributed by atoms with Crippen LogP contribution in [0, 0.1) is 0 Å². The Kier molecular flexibility index (Phi) is 3.56. The monoisotopic (exact) mass is 170 g/mol. The number of carbonyl (C=O) groups excluding carboxylic acids is 1. The van der Waals surface area contributed by atoms with Crippen molar-refractivity contribution in [1.29, 1.82) is 0 Å². The van der Waals surface area contributed by atoms with Crippen molar-refractivity contribution in [1.82, 2.24) is 9.80 Å². The van der Waals surface area contributed by atoms with Crippen molar-refractivity contribution in [2.45, 2.75) is 0 Å². The maximum atomic E-state index is 10.9. The van der Waals surface area contributed by atoms with E-state index in [4.69, 9.17) is 5.11 Å². The topological polar surface area (TPSA) is 43.8 Å². The van der Waals surface area contributed by atoms with E-state index >= 15 is 0 Å². The molecule has 12 heavy (non-hydrogen) atoms. The Bertz CT molecular complexity index is 157. The van der Waals surface area contributed by atoms with Crippen LogP contribution in [0.3, 0.4) is 0 Å². The third-order valence-electron chi connectivity index (χ3n) is 2.23. The summed E-state index contributed by atoms with van der Waals surface area (Å²) >= 11 is 0. The fourth-order valence-corrected chi connectivity index (χ4v) is 1.43. The number of β-amino-alcohol motifs (C(OH)–C–C–N with tert-alkyl or cyclic N) is 1. The SMILES string of the molecule is BC(=O)N1CCN(CCO)CC1. The van der Waals surface area contributed by atoms with Crippen molar-refractivity contribution >= 4 is 13.7 Å². The van der Waals surface area contributed by atoms with E-state index in [0.717, 1.165) is 32.7 Å². The van der Waals surface area contributed by atoms with E-state index in [0.29, 0.717) is 0 Å². The van der Waals surface area contributed by atoms with Gasteiger partial charge in [0.2, 0.25) is 7.85 Å². The van der Waals surface area contributed by atoms with Gasteiger partial charge in [-0.15, -0.1) is 0 Å². The van der Waals surface area contributed by atoms with Gasteiger partial charge in [-0.3, -0.25) is 9.69 Å². The number of piperazine rings is 1. The molecule has 0 aromatic carbocycles. The maximum absolute atomic E-state index is 10.9. The first kappa shape index (κ1) is 9.54. The van der Waals surface area contributed by atoms with Crippen molar-refractivity contribution in [3.63, 3.8) is 0 Å². The quantitative estimate of drug-likeness (QED) is 0.505. The standard InChI is InChI=1S/C7H15BN2O2/c8-7(12)10-3-1-9(2-4-10)5-6-11/h11H,1-6,8H2. The largest absolute Gasteiger partial charge is 0.395 e. The minimum atomic E-state index is 0.152. The Labute approximate surface area is 73.6 Å². The summed E-state index contributed by atoms with van der Waals surface area (Å²) in [5.74, 6) is 0.152. The summed E-state index contributed by atoms with van der Waals surface area (Å²) in [6, 6.07) is 0. The molecule has 1 N–H and O–H groups in total. The zero-order valence-corrected chi connectivity index (χ0v) is 7.49. The van der Waals surface area contributed by atoms with Crippen LogP contribution in [0.5, 0.6) is 0 Å². The highest BCUT2D eigenvalue weighted by Crippen LogP contribution is 2.00. The average Bonchev–Trinajstić information content (AvgIpc) is 2.06. The summed E-state index contributed by atoms with van der Waals surface area (Å²) in [7, 11) is 1.60. The van der Waals surface area contributed by atoms with Gasteiger partial charge in [-0.05, 0) is 0 Å². The Morgan fingerprint density at radius 1 is 1.33 bits per heavy atom. The van der Waals surface area contributed by atoms with Crippen LogP contribution in [-0.4, -0.2) is 67.9 Å². The minimum Gasteiger partial charge on any atom is -0.395 e. The molecule has 0 aliphatic carbocycles. The zero-order valence-electron chi connectivity index (χ0n) is 7.49. The van der Waals surface area contributed by atoms with Gasteiger partial charge in [0.15, 0.2) is 5.81 Å². The Morgan fingerprint density at radius 2 is 1.92 bits per heavy atom. The van der Waals surface area contributed by atoms with Gasteiger partial charge in [0.1, 0.15) is 0 Å². The summed E-state index contributed by atoms with van der Waals surface area (Å²) in [5, 5.41) is 8.67. The van der Waals surface area contributed by atoms with E-state index in [9.17, 15) is 4.79 Å². The predicted molar refractivity (Wildman–Crippen MR) is 49.0 cm³/mol. The molecular weight excluding hydrogens is 155 g/mol. The number of nitrogens with zero attached hydrogens (tertiary/aromatic N) is 2. The van der Waals surface area contributed by atoms with Gasteiger partial charge in [0.05, 0.1) is 6.61 Å². The molecule has 1 aliphatic rings. The molecule has 0 saturated carbocycles. The highest BCUT2D eigenvalue weighted by Gasteiger charge is 2.16. The summed E-state index contributed by atoms with van der Waals surface area (Å²) in [5.41, 5.74) is 0. The molecule has 1 aliphatic heterocycles. The third kappa shape index (κ3) is 2.50. The molecule has 5 heteroatoms. The highest BCUT2D eigenvalue weighted by atomic mass is 16.3. The van der Waals surface area contributed by atoms with Crippen molar-refractivity contribution in [2.75, 3.05) is 39.3 Å². The molecule has 0 spiro atoms. The lowest BCUT2D eigenvalue weighted by Gasteiger charge is -2.33. The van der Waals surface area contributed by atoms with Crippen LogP contribution in [0.15, 0.2) is 0 Å².